The summed E-state index contributed by atoms with van der Waals surface area (Å²) in [6.07, 6.45) is -0.395. The van der Waals surface area contributed by atoms with E-state index >= 15 is 0 Å². The largest absolute Gasteiger partial charge is 0.496 e. The Morgan fingerprint density at radius 3 is 2.42 bits per heavy atom. The average Bonchev–Trinajstić information content (AvgIpc) is 3.04. The highest BCUT2D eigenvalue weighted by Gasteiger charge is 2.51. The van der Waals surface area contributed by atoms with Crippen molar-refractivity contribution < 1.29 is 24.2 Å². The molecular weight excluding hydrogens is 398 g/mol. The van der Waals surface area contributed by atoms with Crippen molar-refractivity contribution in [2.45, 2.75) is 31.5 Å². The van der Waals surface area contributed by atoms with Crippen LogP contribution in [0.2, 0.25) is 0 Å². The van der Waals surface area contributed by atoms with E-state index in [-0.39, 0.29) is 19.1 Å². The lowest BCUT2D eigenvalue weighted by atomic mass is 9.87. The number of aliphatic hydroxyl groups is 1. The van der Waals surface area contributed by atoms with Gasteiger partial charge in [-0.2, -0.15) is 0 Å². The van der Waals surface area contributed by atoms with E-state index in [1.807, 2.05) is 42.2 Å². The Labute approximate surface area is 181 Å². The summed E-state index contributed by atoms with van der Waals surface area (Å²) in [7, 11) is 3.13. The van der Waals surface area contributed by atoms with E-state index in [1.165, 1.54) is 4.90 Å². The van der Waals surface area contributed by atoms with Gasteiger partial charge in [0.05, 0.1) is 27.0 Å². The maximum absolute atomic E-state index is 13.4. The zero-order valence-electron chi connectivity index (χ0n) is 17.9. The molecule has 2 N–H and O–H groups in total. The molecule has 2 aromatic carbocycles. The smallest absolute Gasteiger partial charge is 0.326 e. The molecule has 0 aliphatic carbocycles. The molecule has 2 aliphatic heterocycles. The van der Waals surface area contributed by atoms with E-state index in [0.29, 0.717) is 30.0 Å². The lowest BCUT2D eigenvalue weighted by Crippen LogP contribution is -2.46. The zero-order valence-corrected chi connectivity index (χ0v) is 17.9. The average molecular weight is 425 g/mol. The summed E-state index contributed by atoms with van der Waals surface area (Å²) in [6, 6.07) is 12.4. The quantitative estimate of drug-likeness (QED) is 0.691. The summed E-state index contributed by atoms with van der Waals surface area (Å²) in [5.41, 5.74) is 1.15. The molecule has 4 rings (SSSR count). The lowest BCUT2D eigenvalue weighted by molar-refractivity contribution is -0.133. The molecule has 8 heteroatoms. The molecule has 3 amide bonds. The van der Waals surface area contributed by atoms with Crippen molar-refractivity contribution in [3.05, 3.63) is 59.2 Å². The molecule has 0 bridgehead atoms. The van der Waals surface area contributed by atoms with Gasteiger partial charge in [0.25, 0.3) is 5.91 Å². The first kappa shape index (κ1) is 21.1. The fourth-order valence-electron chi connectivity index (χ4n) is 4.57. The number of fused-ring (bicyclic) bond motifs is 1. The maximum atomic E-state index is 13.4. The molecule has 1 fully saturated rings. The van der Waals surface area contributed by atoms with Crippen LogP contribution in [-0.2, 0) is 16.9 Å². The summed E-state index contributed by atoms with van der Waals surface area (Å²) in [6.45, 7) is 2.62. The third kappa shape index (κ3) is 3.41. The van der Waals surface area contributed by atoms with Crippen LogP contribution >= 0.6 is 0 Å². The Kier molecular flexibility index (Phi) is 5.60. The Bertz CT molecular complexity index is 996. The van der Waals surface area contributed by atoms with E-state index in [4.69, 9.17) is 9.47 Å². The molecule has 2 aromatic rings. The molecule has 31 heavy (non-hydrogen) atoms. The molecular formula is C23H27N3O5. The first-order valence-corrected chi connectivity index (χ1v) is 10.3. The number of aliphatic hydroxyl groups excluding tert-OH is 1. The van der Waals surface area contributed by atoms with E-state index in [1.54, 1.807) is 26.4 Å². The number of rotatable bonds is 6. The zero-order chi connectivity index (χ0) is 22.2. The number of β-amino-alcohol motifs (C(OH)–C–C–N with tert-alkyl or cyclic N) is 1. The molecule has 0 unspecified atom stereocenters. The van der Waals surface area contributed by atoms with Crippen LogP contribution in [0.15, 0.2) is 42.5 Å². The van der Waals surface area contributed by atoms with Crippen LogP contribution in [0.5, 0.6) is 11.5 Å². The number of imide groups is 1. The summed E-state index contributed by atoms with van der Waals surface area (Å²) >= 11 is 0. The number of nitrogens with one attached hydrogen (secondary N) is 1. The summed E-state index contributed by atoms with van der Waals surface area (Å²) < 4.78 is 10.9. The second-order valence-corrected chi connectivity index (χ2v) is 7.82. The van der Waals surface area contributed by atoms with E-state index < -0.39 is 17.7 Å². The fourth-order valence-corrected chi connectivity index (χ4v) is 4.57. The number of hydrogen-bond donors (Lipinski definition) is 2. The Balaban J connectivity index is 1.61. The Morgan fingerprint density at radius 1 is 1.10 bits per heavy atom. The molecule has 0 spiro atoms. The van der Waals surface area contributed by atoms with Gasteiger partial charge in [0.1, 0.15) is 17.0 Å². The second kappa shape index (κ2) is 8.20. The van der Waals surface area contributed by atoms with Crippen molar-refractivity contribution in [1.82, 2.24) is 15.1 Å². The van der Waals surface area contributed by atoms with Crippen molar-refractivity contribution in [3.63, 3.8) is 0 Å². The number of ether oxygens (including phenoxy) is 2. The molecule has 2 heterocycles. The van der Waals surface area contributed by atoms with Crippen LogP contribution in [0.25, 0.3) is 0 Å². The molecule has 0 radical (unpaired) electrons. The summed E-state index contributed by atoms with van der Waals surface area (Å²) in [4.78, 5) is 29.3. The number of amides is 3. The lowest BCUT2D eigenvalue weighted by Gasteiger charge is -2.35. The minimum atomic E-state index is -1.08. The first-order valence-electron chi connectivity index (χ1n) is 10.3. The highest BCUT2D eigenvalue weighted by molar-refractivity contribution is 6.07. The number of benzene rings is 2. The van der Waals surface area contributed by atoms with Crippen molar-refractivity contribution in [2.75, 3.05) is 27.4 Å². The number of urea groups is 1. The topological polar surface area (TPSA) is 91.3 Å². The van der Waals surface area contributed by atoms with Gasteiger partial charge in [0, 0.05) is 24.2 Å². The molecule has 2 aliphatic rings. The standard InChI is InChI=1S/C23H27N3O5/c1-4-23(15-8-6-5-7-9-15)21(28)26(22(29)24-23)14-25-12-16-18(30-2)10-11-19(31-3)20(16)17(27)13-25/h5-11,17,27H,4,12-14H2,1-3H3,(H,24,29)/t17-,23-/m1/s1. The van der Waals surface area contributed by atoms with E-state index in [2.05, 4.69) is 5.32 Å². The Morgan fingerprint density at radius 2 is 1.77 bits per heavy atom. The minimum Gasteiger partial charge on any atom is -0.496 e. The molecule has 164 valence electrons. The summed E-state index contributed by atoms with van der Waals surface area (Å²) in [5, 5.41) is 13.7. The monoisotopic (exact) mass is 425 g/mol. The summed E-state index contributed by atoms with van der Waals surface area (Å²) in [5.74, 6) is 0.931. The van der Waals surface area contributed by atoms with Crippen molar-refractivity contribution in [2.24, 2.45) is 0 Å². The van der Waals surface area contributed by atoms with Gasteiger partial charge < -0.3 is 19.9 Å². The normalized spacial score (nSPS) is 23.5. The van der Waals surface area contributed by atoms with Gasteiger partial charge >= 0.3 is 6.03 Å². The molecule has 0 aromatic heterocycles. The minimum absolute atomic E-state index is 0.0656. The van der Waals surface area contributed by atoms with Crippen molar-refractivity contribution in [1.29, 1.82) is 0 Å². The predicted molar refractivity (Wildman–Crippen MR) is 114 cm³/mol. The number of nitrogens with zero attached hydrogens (tertiary/aromatic N) is 2. The number of carbonyl (C=O) groups is 2. The molecule has 1 saturated heterocycles. The van der Waals surface area contributed by atoms with Gasteiger partial charge in [-0.1, -0.05) is 37.3 Å². The number of hydrogen-bond acceptors (Lipinski definition) is 6. The Hall–Kier alpha value is -3.10. The second-order valence-electron chi connectivity index (χ2n) is 7.82. The maximum Gasteiger partial charge on any atom is 0.326 e. The van der Waals surface area contributed by atoms with Crippen LogP contribution in [-0.4, -0.2) is 54.3 Å². The fraction of sp³-hybridized carbons (Fsp3) is 0.391. The van der Waals surface area contributed by atoms with Crippen molar-refractivity contribution >= 4 is 11.9 Å². The highest BCUT2D eigenvalue weighted by Crippen LogP contribution is 2.40. The van der Waals surface area contributed by atoms with E-state index in [0.717, 1.165) is 11.1 Å². The van der Waals surface area contributed by atoms with Crippen LogP contribution in [0.4, 0.5) is 4.79 Å². The van der Waals surface area contributed by atoms with Crippen LogP contribution < -0.4 is 14.8 Å². The van der Waals surface area contributed by atoms with Gasteiger partial charge in [-0.15, -0.1) is 0 Å². The van der Waals surface area contributed by atoms with Crippen LogP contribution in [0, 0.1) is 0 Å². The van der Waals surface area contributed by atoms with Gasteiger partial charge in [-0.25, -0.2) is 9.69 Å². The molecule has 2 atom stereocenters. The van der Waals surface area contributed by atoms with Gasteiger partial charge in [0.2, 0.25) is 0 Å². The van der Waals surface area contributed by atoms with E-state index in [9.17, 15) is 14.7 Å². The predicted octanol–water partition coefficient (Wildman–Crippen LogP) is 2.37. The van der Waals surface area contributed by atoms with Crippen LogP contribution in [0.3, 0.4) is 0 Å². The van der Waals surface area contributed by atoms with Gasteiger partial charge in [-0.3, -0.25) is 9.69 Å². The van der Waals surface area contributed by atoms with Gasteiger partial charge in [-0.05, 0) is 24.1 Å². The molecule has 8 nitrogen and oxygen atoms in total. The number of carbonyl (C=O) groups excluding carboxylic acids is 2. The van der Waals surface area contributed by atoms with Gasteiger partial charge in [0.15, 0.2) is 0 Å². The first-order chi connectivity index (χ1) is 14.9. The molecule has 0 saturated carbocycles. The third-order valence-corrected chi connectivity index (χ3v) is 6.17. The number of methoxy groups -OCH3 is 2. The van der Waals surface area contributed by atoms with Crippen LogP contribution in [0.1, 0.15) is 36.1 Å². The van der Waals surface area contributed by atoms with Crippen molar-refractivity contribution in [3.8, 4) is 11.5 Å². The highest BCUT2D eigenvalue weighted by atomic mass is 16.5. The SMILES string of the molecule is CC[C@]1(c2ccccc2)NC(=O)N(CN2Cc3c(OC)ccc(OC)c3[C@H](O)C2)C1=O. The third-order valence-electron chi connectivity index (χ3n) is 6.17.